The molecule has 0 radical (unpaired) electrons. The molecule has 1 aliphatic carbocycles. The normalized spacial score (nSPS) is 26.6. The van der Waals surface area contributed by atoms with Crippen LogP contribution < -0.4 is 10.5 Å². The first kappa shape index (κ1) is 8.57. The van der Waals surface area contributed by atoms with E-state index in [0.29, 0.717) is 12.0 Å². The highest BCUT2D eigenvalue weighted by molar-refractivity contribution is 5.31. The van der Waals surface area contributed by atoms with Crippen molar-refractivity contribution in [3.8, 4) is 5.75 Å². The van der Waals surface area contributed by atoms with E-state index >= 15 is 0 Å². The summed E-state index contributed by atoms with van der Waals surface area (Å²) in [5.41, 5.74) is 7.24. The molecule has 0 spiro atoms. The topological polar surface area (TPSA) is 35.2 Å². The molecule has 2 atom stereocenters. The van der Waals surface area contributed by atoms with Gasteiger partial charge in [-0.1, -0.05) is 12.1 Å². The third kappa shape index (κ3) is 1.54. The third-order valence-corrected chi connectivity index (χ3v) is 2.87. The van der Waals surface area contributed by atoms with Crippen molar-refractivity contribution in [3.05, 3.63) is 29.8 Å². The number of benzene rings is 1. The molecule has 0 bridgehead atoms. The highest BCUT2D eigenvalue weighted by Crippen LogP contribution is 2.35. The predicted molar refractivity (Wildman–Crippen MR) is 52.9 cm³/mol. The molecule has 0 amide bonds. The van der Waals surface area contributed by atoms with E-state index in [1.54, 1.807) is 7.11 Å². The molecule has 1 aromatic rings. The summed E-state index contributed by atoms with van der Waals surface area (Å²) in [4.78, 5) is 0. The molecule has 0 saturated heterocycles. The quantitative estimate of drug-likeness (QED) is 0.748. The zero-order chi connectivity index (χ0) is 9.26. The highest BCUT2D eigenvalue weighted by Gasteiger charge is 2.28. The molecular formula is C11H15NO. The number of ether oxygens (including phenoxy) is 1. The minimum absolute atomic E-state index is 0.369. The van der Waals surface area contributed by atoms with Gasteiger partial charge < -0.3 is 10.5 Å². The van der Waals surface area contributed by atoms with E-state index < -0.39 is 0 Å². The zero-order valence-corrected chi connectivity index (χ0v) is 7.86. The van der Waals surface area contributed by atoms with Gasteiger partial charge >= 0.3 is 0 Å². The summed E-state index contributed by atoms with van der Waals surface area (Å²) >= 11 is 0. The number of hydrogen-bond donors (Lipinski definition) is 1. The van der Waals surface area contributed by atoms with Crippen LogP contribution in [0.2, 0.25) is 0 Å². The average molecular weight is 177 g/mol. The molecule has 13 heavy (non-hydrogen) atoms. The summed E-state index contributed by atoms with van der Waals surface area (Å²) in [5.74, 6) is 1.49. The Bertz CT molecular complexity index is 281. The van der Waals surface area contributed by atoms with E-state index in [1.807, 2.05) is 12.1 Å². The second-order valence-electron chi connectivity index (χ2n) is 3.62. The first-order valence-electron chi connectivity index (χ1n) is 4.71. The monoisotopic (exact) mass is 177 g/mol. The van der Waals surface area contributed by atoms with Crippen molar-refractivity contribution in [2.75, 3.05) is 7.11 Å². The molecule has 0 unspecified atom stereocenters. The number of hydrogen-bond acceptors (Lipinski definition) is 2. The van der Waals surface area contributed by atoms with Crippen molar-refractivity contribution < 1.29 is 4.74 Å². The molecule has 2 nitrogen and oxygen atoms in total. The van der Waals surface area contributed by atoms with Gasteiger partial charge in [-0.3, -0.25) is 0 Å². The van der Waals surface area contributed by atoms with E-state index in [-0.39, 0.29) is 0 Å². The molecule has 1 fully saturated rings. The Morgan fingerprint density at radius 1 is 1.23 bits per heavy atom. The number of nitrogens with two attached hydrogens (primary N) is 1. The van der Waals surface area contributed by atoms with Crippen molar-refractivity contribution in [3.63, 3.8) is 0 Å². The van der Waals surface area contributed by atoms with Gasteiger partial charge in [0.05, 0.1) is 7.11 Å². The van der Waals surface area contributed by atoms with Gasteiger partial charge in [0.25, 0.3) is 0 Å². The van der Waals surface area contributed by atoms with E-state index in [4.69, 9.17) is 10.5 Å². The summed E-state index contributed by atoms with van der Waals surface area (Å²) in [7, 11) is 1.68. The SMILES string of the molecule is COc1ccc([C@H]2CC[C@H]2N)cc1. The third-order valence-electron chi connectivity index (χ3n) is 2.87. The van der Waals surface area contributed by atoms with Gasteiger partial charge in [-0.2, -0.15) is 0 Å². The van der Waals surface area contributed by atoms with Crippen LogP contribution in [0.1, 0.15) is 24.3 Å². The van der Waals surface area contributed by atoms with E-state index in [2.05, 4.69) is 12.1 Å². The molecule has 2 N–H and O–H groups in total. The summed E-state index contributed by atoms with van der Waals surface area (Å²) in [5, 5.41) is 0. The van der Waals surface area contributed by atoms with Gasteiger partial charge in [-0.25, -0.2) is 0 Å². The van der Waals surface area contributed by atoms with Crippen LogP contribution in [0.4, 0.5) is 0 Å². The molecule has 0 aromatic heterocycles. The van der Waals surface area contributed by atoms with Gasteiger partial charge in [-0.05, 0) is 36.5 Å². The lowest BCUT2D eigenvalue weighted by molar-refractivity contribution is 0.346. The smallest absolute Gasteiger partial charge is 0.118 e. The molecule has 70 valence electrons. The van der Waals surface area contributed by atoms with Crippen molar-refractivity contribution >= 4 is 0 Å². The Hall–Kier alpha value is -1.02. The molecule has 2 heteroatoms. The van der Waals surface area contributed by atoms with E-state index in [9.17, 15) is 0 Å². The molecule has 2 rings (SSSR count). The Morgan fingerprint density at radius 3 is 2.31 bits per heavy atom. The summed E-state index contributed by atoms with van der Waals surface area (Å²) in [6, 6.07) is 8.60. The predicted octanol–water partition coefficient (Wildman–Crippen LogP) is 1.90. The minimum Gasteiger partial charge on any atom is -0.497 e. The first-order valence-corrected chi connectivity index (χ1v) is 4.71. The Morgan fingerprint density at radius 2 is 1.92 bits per heavy atom. The lowest BCUT2D eigenvalue weighted by atomic mass is 9.76. The largest absolute Gasteiger partial charge is 0.497 e. The van der Waals surface area contributed by atoms with Crippen LogP contribution in [0.3, 0.4) is 0 Å². The van der Waals surface area contributed by atoms with Gasteiger partial charge in [0.1, 0.15) is 5.75 Å². The summed E-state index contributed by atoms with van der Waals surface area (Å²) in [6.07, 6.45) is 2.39. The van der Waals surface area contributed by atoms with Crippen LogP contribution in [-0.4, -0.2) is 13.2 Å². The first-order chi connectivity index (χ1) is 6.31. The Balaban J connectivity index is 2.13. The Labute approximate surface area is 78.7 Å². The van der Waals surface area contributed by atoms with Gasteiger partial charge in [0.2, 0.25) is 0 Å². The highest BCUT2D eigenvalue weighted by atomic mass is 16.5. The average Bonchev–Trinajstić information content (AvgIpc) is 2.17. The van der Waals surface area contributed by atoms with Gasteiger partial charge in [0.15, 0.2) is 0 Å². The fourth-order valence-electron chi connectivity index (χ4n) is 1.79. The molecule has 0 aliphatic heterocycles. The van der Waals surface area contributed by atoms with Gasteiger partial charge in [-0.15, -0.1) is 0 Å². The fourth-order valence-corrected chi connectivity index (χ4v) is 1.79. The molecular weight excluding hydrogens is 162 g/mol. The minimum atomic E-state index is 0.369. The van der Waals surface area contributed by atoms with E-state index in [0.717, 1.165) is 12.2 Å². The van der Waals surface area contributed by atoms with Crippen LogP contribution in [0.25, 0.3) is 0 Å². The maximum absolute atomic E-state index is 5.89. The van der Waals surface area contributed by atoms with Crippen molar-refractivity contribution in [1.29, 1.82) is 0 Å². The number of methoxy groups -OCH3 is 1. The van der Waals surface area contributed by atoms with Crippen molar-refractivity contribution in [2.24, 2.45) is 5.73 Å². The van der Waals surface area contributed by atoms with Crippen LogP contribution in [0, 0.1) is 0 Å². The lowest BCUT2D eigenvalue weighted by Gasteiger charge is -2.33. The van der Waals surface area contributed by atoms with Crippen LogP contribution >= 0.6 is 0 Å². The van der Waals surface area contributed by atoms with Crippen molar-refractivity contribution in [1.82, 2.24) is 0 Å². The van der Waals surface area contributed by atoms with Crippen LogP contribution in [-0.2, 0) is 0 Å². The standard InChI is InChI=1S/C11H15NO/c1-13-9-4-2-8(3-5-9)10-6-7-11(10)12/h2-5,10-11H,6-7,12H2,1H3/t10-,11-/m1/s1. The summed E-state index contributed by atoms with van der Waals surface area (Å²) < 4.78 is 5.10. The molecule has 0 heterocycles. The fraction of sp³-hybridized carbons (Fsp3) is 0.455. The molecule has 1 aliphatic rings. The zero-order valence-electron chi connectivity index (χ0n) is 7.86. The van der Waals surface area contributed by atoms with Crippen LogP contribution in [0.5, 0.6) is 5.75 Å². The second-order valence-corrected chi connectivity index (χ2v) is 3.62. The maximum Gasteiger partial charge on any atom is 0.118 e. The van der Waals surface area contributed by atoms with Gasteiger partial charge in [0, 0.05) is 6.04 Å². The van der Waals surface area contributed by atoms with Crippen LogP contribution in [0.15, 0.2) is 24.3 Å². The van der Waals surface area contributed by atoms with E-state index in [1.165, 1.54) is 12.0 Å². The maximum atomic E-state index is 5.89. The van der Waals surface area contributed by atoms with Crippen molar-refractivity contribution in [2.45, 2.75) is 24.8 Å². The summed E-state index contributed by atoms with van der Waals surface area (Å²) in [6.45, 7) is 0. The molecule has 1 saturated carbocycles. The molecule has 1 aromatic carbocycles. The second kappa shape index (κ2) is 3.38. The number of rotatable bonds is 2. The lowest BCUT2D eigenvalue weighted by Crippen LogP contribution is -2.37. The Kier molecular flexibility index (Phi) is 2.23.